The number of nitrogens with one attached hydrogen (secondary N) is 1. The van der Waals surface area contributed by atoms with E-state index in [1.54, 1.807) is 12.3 Å². The van der Waals surface area contributed by atoms with E-state index in [1.807, 2.05) is 37.3 Å². The van der Waals surface area contributed by atoms with Crippen molar-refractivity contribution in [3.8, 4) is 0 Å². The number of amides is 1. The molecule has 2 heterocycles. The lowest BCUT2D eigenvalue weighted by Gasteiger charge is -2.06. The van der Waals surface area contributed by atoms with Crippen molar-refractivity contribution in [2.24, 2.45) is 0 Å². The predicted octanol–water partition coefficient (Wildman–Crippen LogP) is 2.41. The number of carbonyl (C=O) groups is 1. The Kier molecular flexibility index (Phi) is 3.53. The lowest BCUT2D eigenvalue weighted by molar-refractivity contribution is -0.116. The maximum absolute atomic E-state index is 12.1. The number of nitrogens with zero attached hydrogens (tertiary/aromatic N) is 2. The highest BCUT2D eigenvalue weighted by atomic mass is 32.1. The molecule has 1 aromatic carbocycles. The minimum absolute atomic E-state index is 0.0154. The first-order valence-electron chi connectivity index (χ1n) is 6.44. The summed E-state index contributed by atoms with van der Waals surface area (Å²) in [6.45, 7) is 1.91. The van der Waals surface area contributed by atoms with Gasteiger partial charge in [-0.15, -0.1) is 0 Å². The fourth-order valence-corrected chi connectivity index (χ4v) is 2.98. The van der Waals surface area contributed by atoms with Crippen LogP contribution in [0, 0.1) is 6.92 Å². The zero-order valence-corrected chi connectivity index (χ0v) is 12.2. The first-order valence-corrected chi connectivity index (χ1v) is 7.26. The summed E-state index contributed by atoms with van der Waals surface area (Å²) < 4.78 is 2.36. The maximum atomic E-state index is 12.1. The molecule has 0 radical (unpaired) electrons. The molecule has 3 aromatic rings. The van der Waals surface area contributed by atoms with E-state index in [1.165, 1.54) is 4.57 Å². The largest absolute Gasteiger partial charge is 0.309 e. The Bertz CT molecular complexity index is 866. The van der Waals surface area contributed by atoms with Crippen molar-refractivity contribution < 1.29 is 4.79 Å². The van der Waals surface area contributed by atoms with Crippen LogP contribution in [-0.2, 0) is 11.3 Å². The van der Waals surface area contributed by atoms with Gasteiger partial charge in [-0.1, -0.05) is 23.5 Å². The van der Waals surface area contributed by atoms with Gasteiger partial charge in [-0.25, -0.2) is 4.98 Å². The van der Waals surface area contributed by atoms with E-state index in [2.05, 4.69) is 10.3 Å². The summed E-state index contributed by atoms with van der Waals surface area (Å²) in [5.41, 5.74) is 1.79. The second-order valence-electron chi connectivity index (χ2n) is 4.69. The Morgan fingerprint density at radius 2 is 2.14 bits per heavy atom. The third kappa shape index (κ3) is 2.85. The summed E-state index contributed by atoms with van der Waals surface area (Å²) in [4.78, 5) is 28.0. The molecule has 0 spiro atoms. The number of para-hydroxylation sites is 1. The number of hydrogen-bond donors (Lipinski definition) is 1. The van der Waals surface area contributed by atoms with Crippen molar-refractivity contribution in [1.82, 2.24) is 9.55 Å². The Balaban J connectivity index is 1.84. The number of pyridine rings is 1. The molecule has 0 unspecified atom stereocenters. The molecule has 0 saturated carbocycles. The number of aryl methyl sites for hydroxylation is 1. The van der Waals surface area contributed by atoms with Crippen LogP contribution in [0.15, 0.2) is 47.4 Å². The molecule has 0 aliphatic rings. The van der Waals surface area contributed by atoms with Crippen LogP contribution in [0.2, 0.25) is 0 Å². The number of fused-ring (bicyclic) bond motifs is 1. The molecule has 0 aliphatic carbocycles. The van der Waals surface area contributed by atoms with E-state index >= 15 is 0 Å². The number of benzene rings is 1. The quantitative estimate of drug-likeness (QED) is 0.807. The first kappa shape index (κ1) is 13.5. The van der Waals surface area contributed by atoms with Gasteiger partial charge in [0.2, 0.25) is 5.91 Å². The zero-order chi connectivity index (χ0) is 14.8. The second-order valence-corrected chi connectivity index (χ2v) is 5.68. The van der Waals surface area contributed by atoms with Crippen LogP contribution in [0.3, 0.4) is 0 Å². The smallest absolute Gasteiger partial charge is 0.308 e. The van der Waals surface area contributed by atoms with Gasteiger partial charge in [0.05, 0.1) is 10.2 Å². The highest BCUT2D eigenvalue weighted by Crippen LogP contribution is 2.16. The van der Waals surface area contributed by atoms with Gasteiger partial charge in [0.1, 0.15) is 12.4 Å². The fourth-order valence-electron chi connectivity index (χ4n) is 2.09. The lowest BCUT2D eigenvalue weighted by atomic mass is 10.3. The highest BCUT2D eigenvalue weighted by Gasteiger charge is 2.11. The molecule has 0 fully saturated rings. The summed E-state index contributed by atoms with van der Waals surface area (Å²) in [6.07, 6.45) is 1.64. The van der Waals surface area contributed by atoms with Crippen LogP contribution < -0.4 is 10.2 Å². The van der Waals surface area contributed by atoms with Gasteiger partial charge in [0.15, 0.2) is 0 Å². The molecular weight excluding hydrogens is 286 g/mol. The van der Waals surface area contributed by atoms with Crippen molar-refractivity contribution in [2.45, 2.75) is 13.5 Å². The predicted molar refractivity (Wildman–Crippen MR) is 83.7 cm³/mol. The van der Waals surface area contributed by atoms with E-state index in [0.717, 1.165) is 27.1 Å². The van der Waals surface area contributed by atoms with Crippen molar-refractivity contribution >= 4 is 33.3 Å². The number of aromatic nitrogens is 2. The summed E-state index contributed by atoms with van der Waals surface area (Å²) in [5, 5.41) is 2.71. The number of rotatable bonds is 3. The molecule has 6 heteroatoms. The minimum Gasteiger partial charge on any atom is -0.309 e. The first-order chi connectivity index (χ1) is 10.1. The van der Waals surface area contributed by atoms with E-state index < -0.39 is 0 Å². The Labute approximate surface area is 124 Å². The molecule has 1 amide bonds. The molecule has 5 nitrogen and oxygen atoms in total. The van der Waals surface area contributed by atoms with Gasteiger partial charge in [0.25, 0.3) is 0 Å². The van der Waals surface area contributed by atoms with Gasteiger partial charge in [-0.2, -0.15) is 0 Å². The number of carbonyl (C=O) groups excluding carboxylic acids is 1. The van der Waals surface area contributed by atoms with Gasteiger partial charge in [-0.05, 0) is 36.8 Å². The van der Waals surface area contributed by atoms with Crippen LogP contribution in [-0.4, -0.2) is 15.5 Å². The number of thiazole rings is 1. The SMILES string of the molecule is Cc1ccnc(NC(=O)Cn2c(=O)sc3ccccc32)c1. The van der Waals surface area contributed by atoms with Crippen LogP contribution in [0.25, 0.3) is 10.2 Å². The van der Waals surface area contributed by atoms with E-state index in [0.29, 0.717) is 5.82 Å². The molecule has 3 rings (SSSR count). The zero-order valence-electron chi connectivity index (χ0n) is 11.4. The lowest BCUT2D eigenvalue weighted by Crippen LogP contribution is -2.24. The monoisotopic (exact) mass is 299 g/mol. The molecule has 0 bridgehead atoms. The standard InChI is InChI=1S/C15H13N3O2S/c1-10-6-7-16-13(8-10)17-14(19)9-18-11-4-2-3-5-12(11)21-15(18)20/h2-8H,9H2,1H3,(H,16,17,19). The van der Waals surface area contributed by atoms with Gasteiger partial charge >= 0.3 is 4.87 Å². The van der Waals surface area contributed by atoms with Gasteiger partial charge < -0.3 is 5.32 Å². The third-order valence-corrected chi connectivity index (χ3v) is 4.02. The topological polar surface area (TPSA) is 64.0 Å². The average molecular weight is 299 g/mol. The second kappa shape index (κ2) is 5.49. The van der Waals surface area contributed by atoms with Crippen LogP contribution in [0.1, 0.15) is 5.56 Å². The summed E-state index contributed by atoms with van der Waals surface area (Å²) in [7, 11) is 0. The molecule has 106 valence electrons. The van der Waals surface area contributed by atoms with Gasteiger partial charge in [-0.3, -0.25) is 14.2 Å². The highest BCUT2D eigenvalue weighted by molar-refractivity contribution is 7.16. The van der Waals surface area contributed by atoms with Crippen LogP contribution in [0.4, 0.5) is 5.82 Å². The Morgan fingerprint density at radius 1 is 1.33 bits per heavy atom. The normalized spacial score (nSPS) is 10.7. The van der Waals surface area contributed by atoms with E-state index in [4.69, 9.17) is 0 Å². The minimum atomic E-state index is -0.265. The van der Waals surface area contributed by atoms with Crippen molar-refractivity contribution in [3.05, 3.63) is 57.8 Å². The summed E-state index contributed by atoms with van der Waals surface area (Å²) in [5.74, 6) is 0.228. The van der Waals surface area contributed by atoms with Gasteiger partial charge in [0, 0.05) is 6.20 Å². The average Bonchev–Trinajstić information content (AvgIpc) is 2.75. The molecule has 0 saturated heterocycles. The van der Waals surface area contributed by atoms with Crippen molar-refractivity contribution in [1.29, 1.82) is 0 Å². The van der Waals surface area contributed by atoms with E-state index in [-0.39, 0.29) is 17.3 Å². The fraction of sp³-hybridized carbons (Fsp3) is 0.133. The molecule has 21 heavy (non-hydrogen) atoms. The molecule has 2 aromatic heterocycles. The van der Waals surface area contributed by atoms with Crippen molar-refractivity contribution in [3.63, 3.8) is 0 Å². The number of anilines is 1. The third-order valence-electron chi connectivity index (χ3n) is 3.06. The van der Waals surface area contributed by atoms with E-state index in [9.17, 15) is 9.59 Å². The molecular formula is C15H13N3O2S. The van der Waals surface area contributed by atoms with Crippen molar-refractivity contribution in [2.75, 3.05) is 5.32 Å². The van der Waals surface area contributed by atoms with Crippen LogP contribution in [0.5, 0.6) is 0 Å². The molecule has 0 atom stereocenters. The Morgan fingerprint density at radius 3 is 2.95 bits per heavy atom. The number of hydrogen-bond acceptors (Lipinski definition) is 4. The van der Waals surface area contributed by atoms with Crippen LogP contribution >= 0.6 is 11.3 Å². The molecule has 1 N–H and O–H groups in total. The Hall–Kier alpha value is -2.47. The summed E-state index contributed by atoms with van der Waals surface area (Å²) in [6, 6.07) is 11.1. The summed E-state index contributed by atoms with van der Waals surface area (Å²) >= 11 is 1.14. The maximum Gasteiger partial charge on any atom is 0.308 e. The molecule has 0 aliphatic heterocycles.